The van der Waals surface area contributed by atoms with Gasteiger partial charge in [-0.1, -0.05) is 12.1 Å². The number of nitrogens with one attached hydrogen (secondary N) is 2. The Labute approximate surface area is 207 Å². The van der Waals surface area contributed by atoms with E-state index in [4.69, 9.17) is 15.0 Å². The van der Waals surface area contributed by atoms with Crippen molar-refractivity contribution in [1.82, 2.24) is 24.8 Å². The second kappa shape index (κ2) is 8.54. The molecule has 2 fully saturated rings. The molecule has 0 aliphatic carbocycles. The first-order chi connectivity index (χ1) is 16.9. The zero-order valence-electron chi connectivity index (χ0n) is 19.8. The second-order valence-corrected chi connectivity index (χ2v) is 10.3. The van der Waals surface area contributed by atoms with Gasteiger partial charge >= 0.3 is 0 Å². The lowest BCUT2D eigenvalue weighted by atomic mass is 10.2. The van der Waals surface area contributed by atoms with Crippen LogP contribution >= 0.6 is 11.3 Å². The number of pyridine rings is 1. The summed E-state index contributed by atoms with van der Waals surface area (Å²) in [5.41, 5.74) is 3.49. The van der Waals surface area contributed by atoms with Gasteiger partial charge in [-0.25, -0.2) is 15.0 Å². The highest BCUT2D eigenvalue weighted by atomic mass is 32.1. The third-order valence-corrected chi connectivity index (χ3v) is 7.63. The normalized spacial score (nSPS) is 19.5. The molecule has 5 heterocycles. The topological polar surface area (TPSA) is 99.2 Å². The van der Waals surface area contributed by atoms with Crippen LogP contribution < -0.4 is 15.5 Å². The molecule has 35 heavy (non-hydrogen) atoms. The van der Waals surface area contributed by atoms with Crippen LogP contribution in [0.25, 0.3) is 20.8 Å². The Morgan fingerprint density at radius 1 is 1.09 bits per heavy atom. The van der Waals surface area contributed by atoms with Crippen molar-refractivity contribution < 1.29 is 4.79 Å². The predicted molar refractivity (Wildman–Crippen MR) is 139 cm³/mol. The van der Waals surface area contributed by atoms with Crippen LogP contribution in [0.4, 0.5) is 23.3 Å². The summed E-state index contributed by atoms with van der Waals surface area (Å²) in [4.78, 5) is 35.1. The van der Waals surface area contributed by atoms with Gasteiger partial charge in [0.15, 0.2) is 0 Å². The van der Waals surface area contributed by atoms with Crippen molar-refractivity contribution in [3.05, 3.63) is 48.3 Å². The van der Waals surface area contributed by atoms with Crippen LogP contribution in [0.5, 0.6) is 0 Å². The van der Waals surface area contributed by atoms with Gasteiger partial charge in [-0.15, -0.1) is 11.3 Å². The number of piperazine rings is 1. The molecule has 1 amide bonds. The highest BCUT2D eigenvalue weighted by Crippen LogP contribution is 2.34. The number of fused-ring (bicyclic) bond motifs is 3. The van der Waals surface area contributed by atoms with Gasteiger partial charge < -0.3 is 15.5 Å². The second-order valence-electron chi connectivity index (χ2n) is 9.27. The molecule has 3 aromatic heterocycles. The van der Waals surface area contributed by atoms with Crippen LogP contribution in [0.3, 0.4) is 0 Å². The summed E-state index contributed by atoms with van der Waals surface area (Å²) in [6, 6.07) is 12.6. The van der Waals surface area contributed by atoms with E-state index in [1.165, 1.54) is 13.3 Å². The first kappa shape index (κ1) is 21.9. The summed E-state index contributed by atoms with van der Waals surface area (Å²) >= 11 is 1.57. The van der Waals surface area contributed by atoms with Crippen molar-refractivity contribution in [3.8, 4) is 10.6 Å². The van der Waals surface area contributed by atoms with Gasteiger partial charge in [-0.2, -0.15) is 4.98 Å². The third kappa shape index (κ3) is 4.30. The summed E-state index contributed by atoms with van der Waals surface area (Å²) in [7, 11) is 2.19. The molecular weight excluding hydrogens is 460 g/mol. The number of aryl methyl sites for hydroxylation is 1. The molecule has 178 valence electrons. The van der Waals surface area contributed by atoms with Crippen molar-refractivity contribution in [1.29, 1.82) is 0 Å². The van der Waals surface area contributed by atoms with Gasteiger partial charge in [0, 0.05) is 67.4 Å². The van der Waals surface area contributed by atoms with E-state index in [-0.39, 0.29) is 5.91 Å². The lowest BCUT2D eigenvalue weighted by Crippen LogP contribution is -2.45. The van der Waals surface area contributed by atoms with E-state index in [9.17, 15) is 4.79 Å². The Morgan fingerprint density at radius 3 is 2.74 bits per heavy atom. The molecule has 2 atom stereocenters. The number of nitrogens with zero attached hydrogens (tertiary/aromatic N) is 6. The number of hydrogen-bond acceptors (Lipinski definition) is 9. The maximum absolute atomic E-state index is 11.4. The molecule has 2 bridgehead atoms. The van der Waals surface area contributed by atoms with Crippen LogP contribution in [0.1, 0.15) is 19.0 Å². The van der Waals surface area contributed by atoms with Crippen molar-refractivity contribution >= 4 is 50.7 Å². The minimum Gasteiger partial charge on any atom is -0.335 e. The number of aromatic nitrogens is 4. The summed E-state index contributed by atoms with van der Waals surface area (Å²) in [5, 5.41) is 7.05. The van der Waals surface area contributed by atoms with Crippen LogP contribution in [0.15, 0.2) is 42.6 Å². The molecule has 4 aromatic rings. The average Bonchev–Trinajstić information content (AvgIpc) is 3.52. The number of rotatable bonds is 5. The highest BCUT2D eigenvalue weighted by Gasteiger charge is 2.42. The first-order valence-corrected chi connectivity index (χ1v) is 12.5. The van der Waals surface area contributed by atoms with E-state index in [0.29, 0.717) is 17.9 Å². The maximum Gasteiger partial charge on any atom is 0.227 e. The Bertz CT molecular complexity index is 1430. The van der Waals surface area contributed by atoms with E-state index in [1.807, 2.05) is 49.5 Å². The van der Waals surface area contributed by atoms with Gasteiger partial charge in [-0.05, 0) is 32.5 Å². The minimum absolute atomic E-state index is 0.0981. The van der Waals surface area contributed by atoms with Crippen LogP contribution in [-0.4, -0.2) is 63.0 Å². The lowest BCUT2D eigenvalue weighted by Gasteiger charge is -2.32. The zero-order valence-corrected chi connectivity index (χ0v) is 20.6. The fourth-order valence-electron chi connectivity index (χ4n) is 4.95. The Kier molecular flexibility index (Phi) is 5.34. The van der Waals surface area contributed by atoms with E-state index in [2.05, 4.69) is 32.5 Å². The maximum atomic E-state index is 11.4. The van der Waals surface area contributed by atoms with Crippen LogP contribution in [-0.2, 0) is 4.79 Å². The molecule has 1 aromatic carbocycles. The molecule has 2 saturated heterocycles. The number of hydrogen-bond donors (Lipinski definition) is 2. The molecule has 9 nitrogen and oxygen atoms in total. The highest BCUT2D eigenvalue weighted by molar-refractivity contribution is 7.21. The number of carbonyl (C=O) groups excluding carboxylic acids is 1. The Morgan fingerprint density at radius 2 is 1.97 bits per heavy atom. The molecule has 2 aliphatic rings. The molecule has 0 saturated carbocycles. The molecule has 0 spiro atoms. The van der Waals surface area contributed by atoms with Crippen molar-refractivity contribution in [2.24, 2.45) is 0 Å². The Hall–Kier alpha value is -3.63. The van der Waals surface area contributed by atoms with E-state index < -0.39 is 0 Å². The quantitative estimate of drug-likeness (QED) is 0.436. The average molecular weight is 487 g/mol. The van der Waals surface area contributed by atoms with Crippen molar-refractivity contribution in [2.75, 3.05) is 35.7 Å². The molecule has 0 unspecified atom stereocenters. The summed E-state index contributed by atoms with van der Waals surface area (Å²) < 4.78 is 0.993. The van der Waals surface area contributed by atoms with Gasteiger partial charge in [0.1, 0.15) is 16.6 Å². The molecule has 2 aliphatic heterocycles. The summed E-state index contributed by atoms with van der Waals surface area (Å²) in [6.45, 7) is 5.53. The fourth-order valence-corrected chi connectivity index (χ4v) is 5.86. The lowest BCUT2D eigenvalue weighted by molar-refractivity contribution is -0.114. The standard InChI is InChI=1S/C25H26N8OS/c1-14-7-23(31-25(27-14)33-13-18-9-19(33)12-32(18)3)30-22-10-20-21(11-26-22)35-24(29-20)16-5-4-6-17(8-16)28-15(2)34/h4-8,10-11,18-19H,9,12-13H2,1-3H3,(H,28,34)(H,26,27,30,31)/t18-,19-/m0/s1. The van der Waals surface area contributed by atoms with Crippen LogP contribution in [0.2, 0.25) is 0 Å². The number of anilines is 4. The predicted octanol–water partition coefficient (Wildman–Crippen LogP) is 4.05. The number of benzene rings is 1. The van der Waals surface area contributed by atoms with Crippen LogP contribution in [0, 0.1) is 6.92 Å². The molecular formula is C25H26N8OS. The van der Waals surface area contributed by atoms with E-state index in [1.54, 1.807) is 11.3 Å². The fraction of sp³-hybridized carbons (Fsp3) is 0.320. The molecule has 0 radical (unpaired) electrons. The largest absolute Gasteiger partial charge is 0.335 e. The SMILES string of the molecule is CC(=O)Nc1cccc(-c2nc3cc(Nc4cc(C)nc(N5C[C@@H]6C[C@H]5CN6C)n4)ncc3s2)c1. The van der Waals surface area contributed by atoms with E-state index in [0.717, 1.165) is 57.0 Å². The third-order valence-electron chi connectivity index (χ3n) is 6.58. The zero-order chi connectivity index (χ0) is 24.1. The van der Waals surface area contributed by atoms with Gasteiger partial charge in [0.25, 0.3) is 0 Å². The molecule has 10 heteroatoms. The monoisotopic (exact) mass is 486 g/mol. The van der Waals surface area contributed by atoms with E-state index >= 15 is 0 Å². The molecule has 2 N–H and O–H groups in total. The number of amides is 1. The number of likely N-dealkylation sites (tertiary alicyclic amines) is 1. The smallest absolute Gasteiger partial charge is 0.227 e. The van der Waals surface area contributed by atoms with Gasteiger partial charge in [-0.3, -0.25) is 9.69 Å². The molecule has 6 rings (SSSR count). The van der Waals surface area contributed by atoms with Crippen molar-refractivity contribution in [2.45, 2.75) is 32.4 Å². The summed E-state index contributed by atoms with van der Waals surface area (Å²) in [5.74, 6) is 2.10. The van der Waals surface area contributed by atoms with Gasteiger partial charge in [0.05, 0.1) is 10.2 Å². The first-order valence-electron chi connectivity index (χ1n) is 11.7. The summed E-state index contributed by atoms with van der Waals surface area (Å²) in [6.07, 6.45) is 3.01. The van der Waals surface area contributed by atoms with Gasteiger partial charge in [0.2, 0.25) is 11.9 Å². The minimum atomic E-state index is -0.0981. The van der Waals surface area contributed by atoms with Crippen molar-refractivity contribution in [3.63, 3.8) is 0 Å². The number of carbonyl (C=O) groups is 1. The number of thiazole rings is 1. The Balaban J connectivity index is 1.25. The number of likely N-dealkylation sites (N-methyl/N-ethyl adjacent to an activating group) is 1.